The highest BCUT2D eigenvalue weighted by atomic mass is 16.6. The molecule has 0 bridgehead atoms. The molecule has 8 heteroatoms. The Balaban J connectivity index is 3.19. The zero-order valence-electron chi connectivity index (χ0n) is 17.6. The van der Waals surface area contributed by atoms with Crippen LogP contribution < -0.4 is 5.43 Å². The van der Waals surface area contributed by atoms with Crippen molar-refractivity contribution in [2.24, 2.45) is 0 Å². The van der Waals surface area contributed by atoms with Crippen LogP contribution >= 0.6 is 0 Å². The first-order chi connectivity index (χ1) is 12.8. The highest BCUT2D eigenvalue weighted by Crippen LogP contribution is 2.16. The Morgan fingerprint density at radius 1 is 0.964 bits per heavy atom. The summed E-state index contributed by atoms with van der Waals surface area (Å²) >= 11 is 0. The van der Waals surface area contributed by atoms with Crippen LogP contribution in [0.3, 0.4) is 0 Å². The number of benzene rings is 1. The fourth-order valence-electron chi connectivity index (χ4n) is 2.21. The summed E-state index contributed by atoms with van der Waals surface area (Å²) < 4.78 is 15.4. The van der Waals surface area contributed by atoms with Crippen LogP contribution in [0, 0.1) is 0 Å². The van der Waals surface area contributed by atoms with Gasteiger partial charge in [-0.25, -0.2) is 24.8 Å². The van der Waals surface area contributed by atoms with Crippen molar-refractivity contribution in [2.45, 2.75) is 65.2 Å². The number of rotatable bonds is 4. The third-order valence-electron chi connectivity index (χ3n) is 3.26. The van der Waals surface area contributed by atoms with Crippen LogP contribution in [0.5, 0.6) is 0 Å². The van der Waals surface area contributed by atoms with Gasteiger partial charge in [-0.1, -0.05) is 30.3 Å². The molecule has 1 rings (SSSR count). The van der Waals surface area contributed by atoms with Crippen molar-refractivity contribution in [1.82, 2.24) is 10.4 Å². The Morgan fingerprint density at radius 2 is 1.50 bits per heavy atom. The Bertz CT molecular complexity index is 676. The summed E-state index contributed by atoms with van der Waals surface area (Å²) in [5.74, 6) is -0.703. The second kappa shape index (κ2) is 9.43. The average molecular weight is 394 g/mol. The average Bonchev–Trinajstić information content (AvgIpc) is 2.55. The van der Waals surface area contributed by atoms with Gasteiger partial charge in [-0.15, -0.1) is 0 Å². The lowest BCUT2D eigenvalue weighted by molar-refractivity contribution is -0.148. The fraction of sp³-hybridized carbons (Fsp3) is 0.550. The molecule has 0 radical (unpaired) electrons. The number of methoxy groups -OCH3 is 1. The van der Waals surface area contributed by atoms with Crippen LogP contribution in [0.2, 0.25) is 0 Å². The van der Waals surface area contributed by atoms with Crippen LogP contribution in [-0.2, 0) is 25.4 Å². The second-order valence-corrected chi connectivity index (χ2v) is 8.19. The molecule has 0 saturated carbocycles. The van der Waals surface area contributed by atoms with E-state index in [0.717, 1.165) is 10.6 Å². The van der Waals surface area contributed by atoms with Gasteiger partial charge >= 0.3 is 18.2 Å². The minimum Gasteiger partial charge on any atom is -0.467 e. The largest absolute Gasteiger partial charge is 0.467 e. The minimum atomic E-state index is -1.14. The molecule has 1 N–H and O–H groups in total. The number of hydrogen-bond donors (Lipinski definition) is 1. The molecule has 28 heavy (non-hydrogen) atoms. The lowest BCUT2D eigenvalue weighted by Gasteiger charge is -2.32. The van der Waals surface area contributed by atoms with E-state index in [2.05, 4.69) is 5.43 Å². The first kappa shape index (κ1) is 23.3. The van der Waals surface area contributed by atoms with Crippen LogP contribution in [0.15, 0.2) is 30.3 Å². The van der Waals surface area contributed by atoms with E-state index in [1.165, 1.54) is 7.11 Å². The van der Waals surface area contributed by atoms with Crippen molar-refractivity contribution in [2.75, 3.05) is 7.11 Å². The Kier molecular flexibility index (Phi) is 7.84. The standard InChI is InChI=1S/C20H30N2O6/c1-19(2,3)27-17(24)21-22(18(25)28-20(4,5)6)15(16(23)26-7)13-14-11-9-8-10-12-14/h8-12,15H,13H2,1-7H3,(H,21,24)/t15-/m0/s1. The number of hydrogen-bond acceptors (Lipinski definition) is 6. The van der Waals surface area contributed by atoms with Crippen LogP contribution in [0.4, 0.5) is 9.59 Å². The molecule has 1 aromatic carbocycles. The summed E-state index contributed by atoms with van der Waals surface area (Å²) in [5.41, 5.74) is 1.48. The molecule has 0 aliphatic carbocycles. The van der Waals surface area contributed by atoms with Gasteiger partial charge in [0, 0.05) is 6.42 Å². The lowest BCUT2D eigenvalue weighted by Crippen LogP contribution is -2.57. The molecule has 0 spiro atoms. The maximum absolute atomic E-state index is 12.7. The van der Waals surface area contributed by atoms with Gasteiger partial charge in [0.15, 0.2) is 6.04 Å². The van der Waals surface area contributed by atoms with E-state index in [1.54, 1.807) is 53.7 Å². The zero-order chi connectivity index (χ0) is 21.5. The molecule has 0 fully saturated rings. The van der Waals surface area contributed by atoms with E-state index in [1.807, 2.05) is 18.2 Å². The van der Waals surface area contributed by atoms with Gasteiger partial charge in [0.25, 0.3) is 0 Å². The second-order valence-electron chi connectivity index (χ2n) is 8.19. The Labute approximate surface area is 166 Å². The van der Waals surface area contributed by atoms with Gasteiger partial charge in [0.2, 0.25) is 0 Å². The molecule has 0 aliphatic heterocycles. The fourth-order valence-corrected chi connectivity index (χ4v) is 2.21. The molecule has 0 unspecified atom stereocenters. The predicted octanol–water partition coefficient (Wildman–Crippen LogP) is 3.45. The van der Waals surface area contributed by atoms with Gasteiger partial charge in [-0.2, -0.15) is 0 Å². The van der Waals surface area contributed by atoms with Gasteiger partial charge in [-0.3, -0.25) is 0 Å². The molecular weight excluding hydrogens is 364 g/mol. The summed E-state index contributed by atoms with van der Waals surface area (Å²) in [6.07, 6.45) is -1.67. The zero-order valence-corrected chi connectivity index (χ0v) is 17.6. The highest BCUT2D eigenvalue weighted by Gasteiger charge is 2.36. The van der Waals surface area contributed by atoms with E-state index in [9.17, 15) is 14.4 Å². The number of nitrogens with zero attached hydrogens (tertiary/aromatic N) is 1. The number of esters is 1. The number of carbonyl (C=O) groups excluding carboxylic acids is 3. The molecule has 2 amide bonds. The van der Waals surface area contributed by atoms with Gasteiger partial charge < -0.3 is 14.2 Å². The van der Waals surface area contributed by atoms with Gasteiger partial charge in [0.05, 0.1) is 7.11 Å². The van der Waals surface area contributed by atoms with Crippen molar-refractivity contribution in [1.29, 1.82) is 0 Å². The molecule has 0 saturated heterocycles. The molecule has 0 aromatic heterocycles. The monoisotopic (exact) mass is 394 g/mol. The third kappa shape index (κ3) is 8.28. The van der Waals surface area contributed by atoms with E-state index in [0.29, 0.717) is 0 Å². The third-order valence-corrected chi connectivity index (χ3v) is 3.26. The van der Waals surface area contributed by atoms with E-state index >= 15 is 0 Å². The van der Waals surface area contributed by atoms with Crippen LogP contribution in [0.25, 0.3) is 0 Å². The molecular formula is C20H30N2O6. The first-order valence-electron chi connectivity index (χ1n) is 8.96. The number of nitrogens with one attached hydrogen (secondary N) is 1. The maximum atomic E-state index is 12.7. The maximum Gasteiger partial charge on any atom is 0.430 e. The normalized spacial score (nSPS) is 12.5. The highest BCUT2D eigenvalue weighted by molar-refractivity contribution is 5.83. The van der Waals surface area contributed by atoms with Crippen molar-refractivity contribution in [3.8, 4) is 0 Å². The summed E-state index contributed by atoms with van der Waals surface area (Å²) in [7, 11) is 1.21. The Morgan fingerprint density at radius 3 is 1.96 bits per heavy atom. The van der Waals surface area contributed by atoms with E-state index < -0.39 is 35.4 Å². The van der Waals surface area contributed by atoms with Crippen molar-refractivity contribution in [3.05, 3.63) is 35.9 Å². The predicted molar refractivity (Wildman–Crippen MR) is 103 cm³/mol. The van der Waals surface area contributed by atoms with E-state index in [4.69, 9.17) is 14.2 Å². The quantitative estimate of drug-likeness (QED) is 0.478. The summed E-state index contributed by atoms with van der Waals surface area (Å²) in [5, 5.41) is 0.818. The SMILES string of the molecule is COC(=O)[C@H](Cc1ccccc1)N(NC(=O)OC(C)(C)C)C(=O)OC(C)(C)C. The van der Waals surface area contributed by atoms with Crippen molar-refractivity contribution in [3.63, 3.8) is 0 Å². The molecule has 156 valence electrons. The first-order valence-corrected chi connectivity index (χ1v) is 8.96. The van der Waals surface area contributed by atoms with Gasteiger partial charge in [-0.05, 0) is 47.1 Å². The summed E-state index contributed by atoms with van der Waals surface area (Å²) in [4.78, 5) is 37.4. The van der Waals surface area contributed by atoms with Crippen LogP contribution in [-0.4, -0.2) is 47.5 Å². The summed E-state index contributed by atoms with van der Waals surface area (Å²) in [6.45, 7) is 10.1. The lowest BCUT2D eigenvalue weighted by atomic mass is 10.1. The molecule has 1 aromatic rings. The number of carbonyl (C=O) groups is 3. The van der Waals surface area contributed by atoms with E-state index in [-0.39, 0.29) is 6.42 Å². The molecule has 8 nitrogen and oxygen atoms in total. The molecule has 1 atom stereocenters. The van der Waals surface area contributed by atoms with Crippen LogP contribution in [0.1, 0.15) is 47.1 Å². The smallest absolute Gasteiger partial charge is 0.430 e. The molecule has 0 aliphatic rings. The van der Waals surface area contributed by atoms with Gasteiger partial charge in [0.1, 0.15) is 11.2 Å². The number of amides is 2. The molecule has 0 heterocycles. The van der Waals surface area contributed by atoms with Crippen molar-refractivity contribution < 1.29 is 28.6 Å². The summed E-state index contributed by atoms with van der Waals surface area (Å²) in [6, 6.07) is 7.91. The van der Waals surface area contributed by atoms with Crippen molar-refractivity contribution >= 4 is 18.2 Å². The minimum absolute atomic E-state index is 0.114. The topological polar surface area (TPSA) is 94.2 Å². The number of ether oxygens (including phenoxy) is 3. The Hall–Kier alpha value is -2.77. The number of hydrazine groups is 1.